The highest BCUT2D eigenvalue weighted by atomic mass is 35.5. The number of rotatable bonds is 6. The van der Waals surface area contributed by atoms with Gasteiger partial charge in [0.2, 0.25) is 0 Å². The molecule has 160 valence electrons. The highest BCUT2D eigenvalue weighted by molar-refractivity contribution is 6.30. The molecule has 31 heavy (non-hydrogen) atoms. The standard InChI is InChI=1S/C22H16ClFN2O4.ClH/c1-26-20-11-16(30-15-5-7-18(24)17(23)10-15)6-8-19(20)25-21(26)12-29-14-4-2-3-13(9-14)22(27)28;/h2-11H,12H2,1H3,(H,27,28);1H. The molecule has 0 amide bonds. The largest absolute Gasteiger partial charge is 0.486 e. The maximum Gasteiger partial charge on any atom is 0.335 e. The van der Waals surface area contributed by atoms with Crippen LogP contribution in [-0.4, -0.2) is 20.6 Å². The number of fused-ring (bicyclic) bond motifs is 1. The van der Waals surface area contributed by atoms with Crippen LogP contribution in [0.2, 0.25) is 5.02 Å². The molecule has 0 bridgehead atoms. The van der Waals surface area contributed by atoms with E-state index < -0.39 is 11.8 Å². The lowest BCUT2D eigenvalue weighted by molar-refractivity contribution is 0.0696. The summed E-state index contributed by atoms with van der Waals surface area (Å²) < 4.78 is 26.7. The van der Waals surface area contributed by atoms with E-state index in [0.717, 1.165) is 11.0 Å². The molecule has 4 aromatic rings. The van der Waals surface area contributed by atoms with Crippen LogP contribution in [0.4, 0.5) is 4.39 Å². The normalized spacial score (nSPS) is 10.5. The summed E-state index contributed by atoms with van der Waals surface area (Å²) in [6.07, 6.45) is 0. The lowest BCUT2D eigenvalue weighted by Gasteiger charge is -2.08. The molecule has 1 N–H and O–H groups in total. The monoisotopic (exact) mass is 462 g/mol. The van der Waals surface area contributed by atoms with Gasteiger partial charge >= 0.3 is 5.97 Å². The van der Waals surface area contributed by atoms with E-state index in [9.17, 15) is 9.18 Å². The number of benzene rings is 3. The van der Waals surface area contributed by atoms with Gasteiger partial charge in [-0.25, -0.2) is 14.2 Å². The van der Waals surface area contributed by atoms with Crippen molar-refractivity contribution < 1.29 is 23.8 Å². The summed E-state index contributed by atoms with van der Waals surface area (Å²) in [7, 11) is 1.85. The minimum absolute atomic E-state index is 0. The van der Waals surface area contributed by atoms with Gasteiger partial charge in [-0.1, -0.05) is 17.7 Å². The number of halogens is 3. The van der Waals surface area contributed by atoms with Crippen LogP contribution in [0.25, 0.3) is 11.0 Å². The zero-order valence-electron chi connectivity index (χ0n) is 16.2. The van der Waals surface area contributed by atoms with Crippen LogP contribution in [0.3, 0.4) is 0 Å². The van der Waals surface area contributed by atoms with Crippen LogP contribution >= 0.6 is 24.0 Å². The number of hydrogen-bond donors (Lipinski definition) is 1. The molecule has 0 spiro atoms. The first-order valence-electron chi connectivity index (χ1n) is 8.95. The summed E-state index contributed by atoms with van der Waals surface area (Å²) in [6, 6.07) is 15.8. The fourth-order valence-corrected chi connectivity index (χ4v) is 3.13. The Labute approximate surface area is 188 Å². The van der Waals surface area contributed by atoms with Crippen LogP contribution in [0, 0.1) is 5.82 Å². The number of ether oxygens (including phenoxy) is 2. The van der Waals surface area contributed by atoms with Gasteiger partial charge in [-0.3, -0.25) is 0 Å². The second-order valence-electron chi connectivity index (χ2n) is 6.54. The summed E-state index contributed by atoms with van der Waals surface area (Å²) in [6.45, 7) is 0.165. The molecule has 0 fully saturated rings. The molecule has 0 saturated carbocycles. The molecule has 4 rings (SSSR count). The molecular formula is C22H17Cl2FN2O4. The fourth-order valence-electron chi connectivity index (χ4n) is 2.96. The Morgan fingerprint density at radius 2 is 1.84 bits per heavy atom. The van der Waals surface area contributed by atoms with Crippen molar-refractivity contribution in [3.8, 4) is 17.2 Å². The van der Waals surface area contributed by atoms with Gasteiger partial charge in [-0.15, -0.1) is 12.4 Å². The van der Waals surface area contributed by atoms with Crippen LogP contribution in [-0.2, 0) is 13.7 Å². The second kappa shape index (κ2) is 9.24. The zero-order valence-corrected chi connectivity index (χ0v) is 17.8. The Hall–Kier alpha value is -3.29. The molecule has 9 heteroatoms. The second-order valence-corrected chi connectivity index (χ2v) is 6.94. The summed E-state index contributed by atoms with van der Waals surface area (Å²) in [5.41, 5.74) is 1.72. The lowest BCUT2D eigenvalue weighted by atomic mass is 10.2. The Bertz CT molecular complexity index is 1260. The Balaban J connectivity index is 0.00000272. The van der Waals surface area contributed by atoms with E-state index in [4.69, 9.17) is 26.2 Å². The quantitative estimate of drug-likeness (QED) is 0.388. The molecule has 1 aromatic heterocycles. The molecular weight excluding hydrogens is 446 g/mol. The van der Waals surface area contributed by atoms with Crippen molar-refractivity contribution >= 4 is 41.0 Å². The van der Waals surface area contributed by atoms with E-state index in [-0.39, 0.29) is 29.6 Å². The third-order valence-electron chi connectivity index (χ3n) is 4.52. The van der Waals surface area contributed by atoms with Crippen molar-refractivity contribution in [3.63, 3.8) is 0 Å². The van der Waals surface area contributed by atoms with E-state index in [1.807, 2.05) is 23.7 Å². The zero-order chi connectivity index (χ0) is 21.3. The average Bonchev–Trinajstić information content (AvgIpc) is 3.05. The first kappa shape index (κ1) is 22.4. The third-order valence-corrected chi connectivity index (χ3v) is 4.81. The van der Waals surface area contributed by atoms with E-state index in [1.54, 1.807) is 18.2 Å². The number of aromatic nitrogens is 2. The van der Waals surface area contributed by atoms with Crippen molar-refractivity contribution in [1.82, 2.24) is 9.55 Å². The van der Waals surface area contributed by atoms with Crippen molar-refractivity contribution in [3.05, 3.63) is 82.9 Å². The predicted octanol–water partition coefficient (Wildman–Crippen LogP) is 5.86. The number of aromatic carboxylic acids is 1. The summed E-state index contributed by atoms with van der Waals surface area (Å²) in [5.74, 6) is 0.550. The van der Waals surface area contributed by atoms with Gasteiger partial charge in [0, 0.05) is 19.2 Å². The van der Waals surface area contributed by atoms with Crippen molar-refractivity contribution in [2.24, 2.45) is 7.05 Å². The van der Waals surface area contributed by atoms with Crippen LogP contribution in [0.15, 0.2) is 60.7 Å². The number of carbonyl (C=O) groups is 1. The van der Waals surface area contributed by atoms with Gasteiger partial charge in [0.1, 0.15) is 35.5 Å². The molecule has 0 unspecified atom stereocenters. The predicted molar refractivity (Wildman–Crippen MR) is 117 cm³/mol. The smallest absolute Gasteiger partial charge is 0.335 e. The Morgan fingerprint density at radius 3 is 2.58 bits per heavy atom. The van der Waals surface area contributed by atoms with Crippen molar-refractivity contribution in [2.45, 2.75) is 6.61 Å². The van der Waals surface area contributed by atoms with Crippen LogP contribution < -0.4 is 9.47 Å². The molecule has 0 aliphatic rings. The van der Waals surface area contributed by atoms with Gasteiger partial charge in [0.25, 0.3) is 0 Å². The average molecular weight is 463 g/mol. The summed E-state index contributed by atoms with van der Waals surface area (Å²) in [5, 5.41) is 9.07. The van der Waals surface area contributed by atoms with Gasteiger partial charge < -0.3 is 19.1 Å². The maximum atomic E-state index is 13.3. The highest BCUT2D eigenvalue weighted by Crippen LogP contribution is 2.29. The molecule has 1 heterocycles. The minimum Gasteiger partial charge on any atom is -0.486 e. The SMILES string of the molecule is Cl.Cn1c(COc2cccc(C(=O)O)c2)nc2ccc(Oc3ccc(F)c(Cl)c3)cc21. The molecule has 0 aliphatic carbocycles. The molecule has 0 aliphatic heterocycles. The van der Waals surface area contributed by atoms with Gasteiger partial charge in [-0.2, -0.15) is 0 Å². The van der Waals surface area contributed by atoms with E-state index in [1.165, 1.54) is 30.3 Å². The first-order chi connectivity index (χ1) is 14.4. The summed E-state index contributed by atoms with van der Waals surface area (Å²) in [4.78, 5) is 15.6. The fraction of sp³-hybridized carbons (Fsp3) is 0.0909. The van der Waals surface area contributed by atoms with Gasteiger partial charge in [0.05, 0.1) is 21.6 Å². The number of nitrogens with zero attached hydrogens (tertiary/aromatic N) is 2. The van der Waals surface area contributed by atoms with Crippen LogP contribution in [0.5, 0.6) is 17.2 Å². The van der Waals surface area contributed by atoms with Crippen molar-refractivity contribution in [1.29, 1.82) is 0 Å². The molecule has 6 nitrogen and oxygen atoms in total. The third kappa shape index (κ3) is 4.90. The van der Waals surface area contributed by atoms with E-state index in [0.29, 0.717) is 23.1 Å². The Morgan fingerprint density at radius 1 is 1.10 bits per heavy atom. The molecule has 3 aromatic carbocycles. The number of imidazole rings is 1. The minimum atomic E-state index is -1.02. The summed E-state index contributed by atoms with van der Waals surface area (Å²) >= 11 is 5.80. The first-order valence-corrected chi connectivity index (χ1v) is 9.33. The number of hydrogen-bond acceptors (Lipinski definition) is 4. The number of carboxylic acids is 1. The number of carboxylic acid groups (broad SMARTS) is 1. The highest BCUT2D eigenvalue weighted by Gasteiger charge is 2.11. The molecule has 0 radical (unpaired) electrons. The lowest BCUT2D eigenvalue weighted by Crippen LogP contribution is -2.04. The number of aryl methyl sites for hydroxylation is 1. The molecule has 0 saturated heterocycles. The molecule has 0 atom stereocenters. The van der Waals surface area contributed by atoms with E-state index >= 15 is 0 Å². The van der Waals surface area contributed by atoms with Gasteiger partial charge in [-0.05, 0) is 42.5 Å². The van der Waals surface area contributed by atoms with Crippen molar-refractivity contribution in [2.75, 3.05) is 0 Å². The van der Waals surface area contributed by atoms with E-state index in [2.05, 4.69) is 4.98 Å². The Kier molecular flexibility index (Phi) is 6.68. The van der Waals surface area contributed by atoms with Crippen LogP contribution in [0.1, 0.15) is 16.2 Å². The maximum absolute atomic E-state index is 13.3. The van der Waals surface area contributed by atoms with Gasteiger partial charge in [0.15, 0.2) is 0 Å². The topological polar surface area (TPSA) is 73.6 Å².